The summed E-state index contributed by atoms with van der Waals surface area (Å²) >= 11 is 0. The minimum absolute atomic E-state index is 0.518. The molecule has 5 fully saturated rings. The molecule has 0 radical (unpaired) electrons. The molecule has 0 N–H and O–H groups in total. The molecule has 0 bridgehead atoms. The van der Waals surface area contributed by atoms with E-state index in [0.29, 0.717) is 5.41 Å². The highest BCUT2D eigenvalue weighted by Crippen LogP contribution is 2.67. The summed E-state index contributed by atoms with van der Waals surface area (Å²) in [4.78, 5) is 0. The zero-order valence-corrected chi connectivity index (χ0v) is 28.2. The Labute approximate surface area is 240 Å². The predicted molar refractivity (Wildman–Crippen MR) is 170 cm³/mol. The lowest BCUT2D eigenvalue weighted by molar-refractivity contribution is 0.0635. The molecule has 5 saturated carbocycles. The number of unbranched alkanes of at least 4 members (excludes halogenated alkanes) is 1. The van der Waals surface area contributed by atoms with E-state index in [9.17, 15) is 0 Å². The summed E-state index contributed by atoms with van der Waals surface area (Å²) in [5.41, 5.74) is 2.78. The van der Waals surface area contributed by atoms with Gasteiger partial charge in [0.2, 0.25) is 0 Å². The highest BCUT2D eigenvalue weighted by atomic mass is 28.3. The van der Waals surface area contributed by atoms with Gasteiger partial charge in [-0.2, -0.15) is 0 Å². The summed E-state index contributed by atoms with van der Waals surface area (Å²) in [6.45, 7) is 21.1. The van der Waals surface area contributed by atoms with Crippen LogP contribution >= 0.6 is 0 Å². The molecule has 5 rings (SSSR count). The fourth-order valence-electron chi connectivity index (χ4n) is 12.5. The van der Waals surface area contributed by atoms with Gasteiger partial charge >= 0.3 is 0 Å². The minimum Gasteiger partial charge on any atom is -0.0689 e. The Kier molecular flexibility index (Phi) is 9.25. The van der Waals surface area contributed by atoms with Crippen molar-refractivity contribution < 1.29 is 0 Å². The molecular formula is C37H68Si. The second-order valence-electron chi connectivity index (χ2n) is 17.7. The van der Waals surface area contributed by atoms with Crippen molar-refractivity contribution in [3.8, 4) is 0 Å². The van der Waals surface area contributed by atoms with Crippen LogP contribution in [0.1, 0.15) is 144 Å². The smallest absolute Gasteiger partial charge is 0.0544 e. The number of hydrogen-bond donors (Lipinski definition) is 0. The third-order valence-electron chi connectivity index (χ3n) is 14.4. The van der Waals surface area contributed by atoms with Gasteiger partial charge in [-0.05, 0) is 127 Å². The van der Waals surface area contributed by atoms with Crippen molar-refractivity contribution in [1.82, 2.24) is 0 Å². The Morgan fingerprint density at radius 2 is 1.34 bits per heavy atom. The summed E-state index contributed by atoms with van der Waals surface area (Å²) in [5.74, 6) is 10.5. The monoisotopic (exact) mass is 541 g/mol. The molecule has 9 atom stereocenters. The van der Waals surface area contributed by atoms with Gasteiger partial charge in [-0.1, -0.05) is 106 Å². The predicted octanol–water partition coefficient (Wildman–Crippen LogP) is 12.0. The molecular weight excluding hydrogens is 472 g/mol. The van der Waals surface area contributed by atoms with Crippen molar-refractivity contribution in [3.05, 3.63) is 0 Å². The maximum Gasteiger partial charge on any atom is 0.0544 e. The Morgan fingerprint density at radius 1 is 0.711 bits per heavy atom. The first-order chi connectivity index (χ1) is 18.0. The van der Waals surface area contributed by atoms with Crippen LogP contribution in [0.4, 0.5) is 0 Å². The lowest BCUT2D eigenvalue weighted by Gasteiger charge is -2.49. The van der Waals surface area contributed by atoms with Crippen LogP contribution in [0.2, 0.25) is 24.2 Å². The van der Waals surface area contributed by atoms with E-state index >= 15 is 0 Å². The quantitative estimate of drug-likeness (QED) is 0.282. The van der Waals surface area contributed by atoms with E-state index in [-0.39, 0.29) is 0 Å². The van der Waals surface area contributed by atoms with E-state index in [1.165, 1.54) is 25.7 Å². The first-order valence-electron chi connectivity index (χ1n) is 18.0. The van der Waals surface area contributed by atoms with Crippen LogP contribution in [0.5, 0.6) is 0 Å². The van der Waals surface area contributed by atoms with Crippen molar-refractivity contribution >= 4 is 8.07 Å². The summed E-state index contributed by atoms with van der Waals surface area (Å²) < 4.78 is 0. The molecule has 0 heterocycles. The topological polar surface area (TPSA) is 0 Å². The van der Waals surface area contributed by atoms with E-state index in [0.717, 1.165) is 70.3 Å². The van der Waals surface area contributed by atoms with Crippen LogP contribution in [-0.4, -0.2) is 8.07 Å². The molecule has 5 aliphatic carbocycles. The van der Waals surface area contributed by atoms with Gasteiger partial charge in [-0.25, -0.2) is 0 Å². The summed E-state index contributed by atoms with van der Waals surface area (Å²) in [7, 11) is -1.38. The first-order valence-corrected chi connectivity index (χ1v) is 21.2. The van der Waals surface area contributed by atoms with Crippen LogP contribution < -0.4 is 0 Å². The molecule has 0 aromatic heterocycles. The average molecular weight is 541 g/mol. The molecule has 5 aliphatic rings. The lowest BCUT2D eigenvalue weighted by atomic mass is 9.61. The third-order valence-corrected chi connectivity index (χ3v) is 19.5. The van der Waals surface area contributed by atoms with Crippen molar-refractivity contribution in [3.63, 3.8) is 0 Å². The van der Waals surface area contributed by atoms with Gasteiger partial charge in [-0.15, -0.1) is 0 Å². The second-order valence-corrected chi connectivity index (χ2v) is 22.8. The third kappa shape index (κ3) is 5.64. The van der Waals surface area contributed by atoms with Crippen LogP contribution in [0.3, 0.4) is 0 Å². The highest BCUT2D eigenvalue weighted by molar-refractivity contribution is 6.80. The van der Waals surface area contributed by atoms with Crippen LogP contribution in [-0.2, 0) is 0 Å². The molecule has 0 amide bonds. The molecule has 0 aliphatic heterocycles. The van der Waals surface area contributed by atoms with Crippen LogP contribution in [0, 0.1) is 64.6 Å². The molecule has 38 heavy (non-hydrogen) atoms. The Balaban J connectivity index is 1.36. The van der Waals surface area contributed by atoms with E-state index in [4.69, 9.17) is 0 Å². The molecule has 1 heteroatoms. The molecule has 220 valence electrons. The number of fused-ring (bicyclic) bond motifs is 2. The molecule has 0 nitrogen and oxygen atoms in total. The second kappa shape index (κ2) is 11.8. The zero-order valence-electron chi connectivity index (χ0n) is 27.2. The summed E-state index contributed by atoms with van der Waals surface area (Å²) in [5, 5.41) is 0. The molecule has 0 spiro atoms. The van der Waals surface area contributed by atoms with E-state index in [1.54, 1.807) is 77.0 Å². The van der Waals surface area contributed by atoms with Gasteiger partial charge in [0.05, 0.1) is 8.07 Å². The minimum atomic E-state index is -1.38. The van der Waals surface area contributed by atoms with Gasteiger partial charge in [0.15, 0.2) is 0 Å². The standard InChI is InChI=1S/C37H68Si/c1-9-10-14-27-23-35(31-16-12-11-15-30(27)31)38(7,8)36-32-18-13-17-29(34(32)24-33(36)25(2)3)26-19-21-28(22-20-26)37(4,5)6/h25-36H,9-24H2,1-8H3. The summed E-state index contributed by atoms with van der Waals surface area (Å²) in [6.07, 6.45) is 24.9. The number of hydrogen-bond acceptors (Lipinski definition) is 0. The summed E-state index contributed by atoms with van der Waals surface area (Å²) in [6, 6.07) is 0. The van der Waals surface area contributed by atoms with Crippen molar-refractivity contribution in [1.29, 1.82) is 0 Å². The molecule has 0 aromatic carbocycles. The lowest BCUT2D eigenvalue weighted by Crippen LogP contribution is -2.46. The molecule has 9 unspecified atom stereocenters. The van der Waals surface area contributed by atoms with Gasteiger partial charge in [0.1, 0.15) is 0 Å². The average Bonchev–Trinajstić information content (AvgIpc) is 3.47. The van der Waals surface area contributed by atoms with Crippen LogP contribution in [0.15, 0.2) is 0 Å². The van der Waals surface area contributed by atoms with E-state index in [1.807, 2.05) is 0 Å². The highest BCUT2D eigenvalue weighted by Gasteiger charge is 2.60. The maximum absolute atomic E-state index is 2.96. The van der Waals surface area contributed by atoms with Crippen molar-refractivity contribution in [2.24, 2.45) is 64.6 Å². The Bertz CT molecular complexity index is 751. The SMILES string of the molecule is CCCCC1CC([Si](C)(C)C2C(C(C)C)CC3C(C4CCC(C(C)(C)C)CC4)CCCC32)C2CCCCC12. The maximum atomic E-state index is 2.96. The van der Waals surface area contributed by atoms with Gasteiger partial charge < -0.3 is 0 Å². The fraction of sp³-hybridized carbons (Fsp3) is 1.00. The first kappa shape index (κ1) is 29.7. The van der Waals surface area contributed by atoms with E-state index in [2.05, 4.69) is 54.6 Å². The van der Waals surface area contributed by atoms with Gasteiger partial charge in [0.25, 0.3) is 0 Å². The van der Waals surface area contributed by atoms with Crippen molar-refractivity contribution in [2.45, 2.75) is 168 Å². The molecule has 0 saturated heterocycles. The van der Waals surface area contributed by atoms with Gasteiger partial charge in [-0.3, -0.25) is 0 Å². The molecule has 0 aromatic rings. The van der Waals surface area contributed by atoms with E-state index < -0.39 is 8.07 Å². The largest absolute Gasteiger partial charge is 0.0689 e. The van der Waals surface area contributed by atoms with Crippen molar-refractivity contribution in [2.75, 3.05) is 0 Å². The normalized spacial score (nSPS) is 44.3. The zero-order chi connectivity index (χ0) is 27.2. The fourth-order valence-corrected chi connectivity index (χ4v) is 18.6. The number of rotatable bonds is 7. The van der Waals surface area contributed by atoms with Gasteiger partial charge in [0, 0.05) is 0 Å². The van der Waals surface area contributed by atoms with Crippen LogP contribution in [0.25, 0.3) is 0 Å². The Hall–Kier alpha value is 0.217. The Morgan fingerprint density at radius 3 is 1.97 bits per heavy atom.